The Morgan fingerprint density at radius 2 is 1.81 bits per heavy atom. The van der Waals surface area contributed by atoms with Crippen LogP contribution in [0.15, 0.2) is 54.6 Å². The highest BCUT2D eigenvalue weighted by molar-refractivity contribution is 14.1. The summed E-state index contributed by atoms with van der Waals surface area (Å²) in [4.78, 5) is 16.7. The van der Waals surface area contributed by atoms with Crippen molar-refractivity contribution in [3.63, 3.8) is 0 Å². The molecule has 0 bridgehead atoms. The fraction of sp³-hybridized carbons (Fsp3) is 0.100. The lowest BCUT2D eigenvalue weighted by molar-refractivity contribution is 0.102. The predicted molar refractivity (Wildman–Crippen MR) is 112 cm³/mol. The van der Waals surface area contributed by atoms with Crippen molar-refractivity contribution in [1.29, 1.82) is 0 Å². The standard InChI is InChI=1S/C20H18IN3O2/c1-12-10-18(19(22)23-13(12)2)20(25)24-15-4-3-5-17(11-15)26-16-8-6-14(21)7-9-16/h3-11H,1-2H3,(H2,22,23)(H,24,25). The topological polar surface area (TPSA) is 77.2 Å². The number of nitrogens with one attached hydrogen (secondary N) is 1. The lowest BCUT2D eigenvalue weighted by Crippen LogP contribution is -2.15. The molecule has 0 saturated heterocycles. The van der Waals surface area contributed by atoms with Crippen molar-refractivity contribution in [2.75, 3.05) is 11.1 Å². The monoisotopic (exact) mass is 459 g/mol. The fourth-order valence-corrected chi connectivity index (χ4v) is 2.74. The maximum Gasteiger partial charge on any atom is 0.259 e. The van der Waals surface area contributed by atoms with Gasteiger partial charge in [0.25, 0.3) is 5.91 Å². The van der Waals surface area contributed by atoms with Crippen LogP contribution in [-0.4, -0.2) is 10.9 Å². The van der Waals surface area contributed by atoms with Crippen LogP contribution in [0.5, 0.6) is 11.5 Å². The second-order valence-electron chi connectivity index (χ2n) is 5.86. The SMILES string of the molecule is Cc1cc(C(=O)Nc2cccc(Oc3ccc(I)cc3)c2)c(N)nc1C. The molecule has 0 aliphatic carbocycles. The van der Waals surface area contributed by atoms with E-state index in [1.807, 2.05) is 50.2 Å². The van der Waals surface area contributed by atoms with Crippen LogP contribution in [0, 0.1) is 17.4 Å². The highest BCUT2D eigenvalue weighted by Gasteiger charge is 2.13. The number of anilines is 2. The summed E-state index contributed by atoms with van der Waals surface area (Å²) in [6.07, 6.45) is 0. The van der Waals surface area contributed by atoms with Gasteiger partial charge >= 0.3 is 0 Å². The van der Waals surface area contributed by atoms with Crippen molar-refractivity contribution >= 4 is 40.0 Å². The van der Waals surface area contributed by atoms with Gasteiger partial charge in [0.1, 0.15) is 17.3 Å². The van der Waals surface area contributed by atoms with E-state index in [-0.39, 0.29) is 11.7 Å². The number of aryl methyl sites for hydroxylation is 2. The molecule has 0 aliphatic rings. The molecule has 5 nitrogen and oxygen atoms in total. The van der Waals surface area contributed by atoms with Crippen LogP contribution < -0.4 is 15.8 Å². The summed E-state index contributed by atoms with van der Waals surface area (Å²) in [6, 6.07) is 16.7. The Kier molecular flexibility index (Phi) is 5.41. The summed E-state index contributed by atoms with van der Waals surface area (Å²) in [6.45, 7) is 3.76. The lowest BCUT2D eigenvalue weighted by Gasteiger charge is -2.11. The number of benzene rings is 2. The van der Waals surface area contributed by atoms with Gasteiger partial charge in [-0.1, -0.05) is 6.07 Å². The van der Waals surface area contributed by atoms with Crippen molar-refractivity contribution in [2.45, 2.75) is 13.8 Å². The first-order valence-corrected chi connectivity index (χ1v) is 9.09. The van der Waals surface area contributed by atoms with E-state index < -0.39 is 0 Å². The Morgan fingerprint density at radius 3 is 2.54 bits per heavy atom. The van der Waals surface area contributed by atoms with Crippen molar-refractivity contribution in [2.24, 2.45) is 0 Å². The smallest absolute Gasteiger partial charge is 0.259 e. The normalized spacial score (nSPS) is 10.4. The molecule has 1 amide bonds. The van der Waals surface area contributed by atoms with E-state index in [4.69, 9.17) is 10.5 Å². The van der Waals surface area contributed by atoms with Crippen LogP contribution in [0.4, 0.5) is 11.5 Å². The molecule has 3 rings (SSSR count). The van der Waals surface area contributed by atoms with Gasteiger partial charge in [-0.15, -0.1) is 0 Å². The summed E-state index contributed by atoms with van der Waals surface area (Å²) >= 11 is 2.24. The summed E-state index contributed by atoms with van der Waals surface area (Å²) in [5.74, 6) is 1.29. The maximum absolute atomic E-state index is 12.5. The van der Waals surface area contributed by atoms with Gasteiger partial charge in [0.15, 0.2) is 0 Å². The molecule has 132 valence electrons. The van der Waals surface area contributed by atoms with E-state index in [1.54, 1.807) is 18.2 Å². The minimum atomic E-state index is -0.301. The number of hydrogen-bond donors (Lipinski definition) is 2. The highest BCUT2D eigenvalue weighted by atomic mass is 127. The number of hydrogen-bond acceptors (Lipinski definition) is 4. The van der Waals surface area contributed by atoms with Crippen molar-refractivity contribution in [3.8, 4) is 11.5 Å². The number of carbonyl (C=O) groups excluding carboxylic acids is 1. The van der Waals surface area contributed by atoms with Crippen molar-refractivity contribution in [3.05, 3.63) is 75.0 Å². The largest absolute Gasteiger partial charge is 0.457 e. The number of carbonyl (C=O) groups is 1. The molecular formula is C20H18IN3O2. The zero-order chi connectivity index (χ0) is 18.7. The number of aromatic nitrogens is 1. The summed E-state index contributed by atoms with van der Waals surface area (Å²) < 4.78 is 6.96. The predicted octanol–water partition coefficient (Wildman–Crippen LogP) is 4.93. The van der Waals surface area contributed by atoms with Gasteiger partial charge in [0.05, 0.1) is 5.56 Å². The molecule has 1 aromatic heterocycles. The molecule has 0 aliphatic heterocycles. The van der Waals surface area contributed by atoms with Gasteiger partial charge in [-0.3, -0.25) is 4.79 Å². The molecule has 3 aromatic rings. The molecule has 0 spiro atoms. The zero-order valence-electron chi connectivity index (χ0n) is 14.4. The van der Waals surface area contributed by atoms with Crippen LogP contribution in [0.3, 0.4) is 0 Å². The van der Waals surface area contributed by atoms with E-state index in [0.717, 1.165) is 20.6 Å². The van der Waals surface area contributed by atoms with E-state index >= 15 is 0 Å². The zero-order valence-corrected chi connectivity index (χ0v) is 16.6. The number of halogens is 1. The molecule has 0 saturated carbocycles. The summed E-state index contributed by atoms with van der Waals surface area (Å²) in [5.41, 5.74) is 8.60. The van der Waals surface area contributed by atoms with Gasteiger partial charge in [-0.25, -0.2) is 4.98 Å². The first kappa shape index (κ1) is 18.2. The second-order valence-corrected chi connectivity index (χ2v) is 7.11. The van der Waals surface area contributed by atoms with Crippen molar-refractivity contribution in [1.82, 2.24) is 4.98 Å². The minimum absolute atomic E-state index is 0.219. The molecule has 2 aromatic carbocycles. The fourth-order valence-electron chi connectivity index (χ4n) is 2.38. The average molecular weight is 459 g/mol. The highest BCUT2D eigenvalue weighted by Crippen LogP contribution is 2.25. The van der Waals surface area contributed by atoms with E-state index in [9.17, 15) is 4.79 Å². The molecule has 0 fully saturated rings. The molecule has 26 heavy (non-hydrogen) atoms. The first-order valence-electron chi connectivity index (χ1n) is 8.01. The number of ether oxygens (including phenoxy) is 1. The molecule has 6 heteroatoms. The van der Waals surface area contributed by atoms with Crippen molar-refractivity contribution < 1.29 is 9.53 Å². The molecule has 1 heterocycles. The quantitative estimate of drug-likeness (QED) is 0.543. The third-order valence-electron chi connectivity index (χ3n) is 3.88. The number of pyridine rings is 1. The van der Waals surface area contributed by atoms with E-state index in [1.165, 1.54) is 0 Å². The average Bonchev–Trinajstić information content (AvgIpc) is 2.60. The van der Waals surface area contributed by atoms with Crippen LogP contribution in [0.2, 0.25) is 0 Å². The molecule has 0 unspecified atom stereocenters. The number of nitrogens with two attached hydrogens (primary N) is 1. The Hall–Kier alpha value is -2.61. The van der Waals surface area contributed by atoms with Gasteiger partial charge in [0, 0.05) is 21.0 Å². The summed E-state index contributed by atoms with van der Waals surface area (Å²) in [7, 11) is 0. The van der Waals surface area contributed by atoms with Crippen LogP contribution >= 0.6 is 22.6 Å². The Labute approximate surface area is 165 Å². The van der Waals surface area contributed by atoms with Gasteiger partial charge < -0.3 is 15.8 Å². The van der Waals surface area contributed by atoms with Crippen LogP contribution in [0.1, 0.15) is 21.6 Å². The third-order valence-corrected chi connectivity index (χ3v) is 4.60. The molecule has 3 N–H and O–H groups in total. The molecule has 0 radical (unpaired) electrons. The number of amides is 1. The Bertz CT molecular complexity index is 956. The van der Waals surface area contributed by atoms with Gasteiger partial charge in [-0.05, 0) is 84.5 Å². The number of nitrogen functional groups attached to an aromatic ring is 1. The Morgan fingerprint density at radius 1 is 1.08 bits per heavy atom. The van der Waals surface area contributed by atoms with Crippen LogP contribution in [0.25, 0.3) is 0 Å². The van der Waals surface area contributed by atoms with Gasteiger partial charge in [-0.2, -0.15) is 0 Å². The molecular weight excluding hydrogens is 441 g/mol. The van der Waals surface area contributed by atoms with E-state index in [0.29, 0.717) is 17.0 Å². The minimum Gasteiger partial charge on any atom is -0.457 e. The first-order chi connectivity index (χ1) is 12.4. The van der Waals surface area contributed by atoms with Gasteiger partial charge in [0.2, 0.25) is 0 Å². The maximum atomic E-state index is 12.5. The number of nitrogens with zero attached hydrogens (tertiary/aromatic N) is 1. The summed E-state index contributed by atoms with van der Waals surface area (Å²) in [5, 5.41) is 2.84. The lowest BCUT2D eigenvalue weighted by atomic mass is 10.1. The molecule has 0 atom stereocenters. The van der Waals surface area contributed by atoms with Crippen LogP contribution in [-0.2, 0) is 0 Å². The van der Waals surface area contributed by atoms with E-state index in [2.05, 4.69) is 32.9 Å². The second kappa shape index (κ2) is 7.74. The number of rotatable bonds is 4. The Balaban J connectivity index is 1.77. The third kappa shape index (κ3) is 4.32.